The monoisotopic (exact) mass is 238 g/mol. The Morgan fingerprint density at radius 2 is 2.38 bits per heavy atom. The zero-order valence-corrected chi connectivity index (χ0v) is 8.37. The molecular weight excluding hydrogens is 232 g/mol. The molecule has 13 heavy (non-hydrogen) atoms. The first-order chi connectivity index (χ1) is 6.27. The molecule has 66 valence electrons. The fraction of sp³-hybridized carbons (Fsp3) is 0.100. The van der Waals surface area contributed by atoms with Gasteiger partial charge in [-0.1, -0.05) is 21.9 Å². The molecule has 0 bridgehead atoms. The molecule has 0 fully saturated rings. The average molecular weight is 239 g/mol. The molecule has 0 aromatic heterocycles. The molecule has 0 aliphatic rings. The highest BCUT2D eigenvalue weighted by molar-refractivity contribution is 9.10. The van der Waals surface area contributed by atoms with Crippen molar-refractivity contribution in [2.45, 2.75) is 0 Å². The van der Waals surface area contributed by atoms with Gasteiger partial charge >= 0.3 is 0 Å². The molecule has 2 nitrogen and oxygen atoms in total. The topological polar surface area (TPSA) is 26.3 Å². The Hall–Kier alpha value is -1.27. The zero-order valence-electron chi connectivity index (χ0n) is 6.79. The molecule has 0 radical (unpaired) electrons. The van der Waals surface area contributed by atoms with E-state index in [2.05, 4.69) is 21.9 Å². The smallest absolute Gasteiger partial charge is 0.151 e. The minimum absolute atomic E-state index is 0.208. The second-order valence-corrected chi connectivity index (χ2v) is 3.15. The van der Waals surface area contributed by atoms with Gasteiger partial charge in [0.25, 0.3) is 0 Å². The average Bonchev–Trinajstić information content (AvgIpc) is 2.16. The summed E-state index contributed by atoms with van der Waals surface area (Å²) in [5, 5.41) is 0. The summed E-state index contributed by atoms with van der Waals surface area (Å²) in [6.07, 6.45) is 5.78. The predicted molar refractivity (Wildman–Crippen MR) is 53.9 cm³/mol. The van der Waals surface area contributed by atoms with Crippen LogP contribution in [0.15, 0.2) is 22.7 Å². The number of carbonyl (C=O) groups is 1. The van der Waals surface area contributed by atoms with Crippen molar-refractivity contribution < 1.29 is 9.53 Å². The lowest BCUT2D eigenvalue weighted by Crippen LogP contribution is -1.94. The highest BCUT2D eigenvalue weighted by Gasteiger charge is 2.00. The van der Waals surface area contributed by atoms with E-state index >= 15 is 0 Å². The highest BCUT2D eigenvalue weighted by atomic mass is 79.9. The van der Waals surface area contributed by atoms with Gasteiger partial charge < -0.3 is 4.74 Å². The summed E-state index contributed by atoms with van der Waals surface area (Å²) in [6.45, 7) is 0.208. The third-order valence-electron chi connectivity index (χ3n) is 1.42. The molecule has 0 amide bonds. The lowest BCUT2D eigenvalue weighted by atomic mass is 10.2. The molecule has 0 aliphatic carbocycles. The normalized spacial score (nSPS) is 8.92. The molecule has 3 heteroatoms. The van der Waals surface area contributed by atoms with E-state index < -0.39 is 0 Å². The molecular formula is C10H7BrO2. The summed E-state index contributed by atoms with van der Waals surface area (Å²) in [6, 6.07) is 5.12. The van der Waals surface area contributed by atoms with E-state index in [1.807, 2.05) is 0 Å². The van der Waals surface area contributed by atoms with Crippen molar-refractivity contribution in [1.82, 2.24) is 0 Å². The van der Waals surface area contributed by atoms with Crippen molar-refractivity contribution in [3.05, 3.63) is 28.2 Å². The van der Waals surface area contributed by atoms with E-state index in [0.29, 0.717) is 11.3 Å². The third kappa shape index (κ3) is 2.60. The lowest BCUT2D eigenvalue weighted by Gasteiger charge is -2.03. The minimum Gasteiger partial charge on any atom is -0.481 e. The summed E-state index contributed by atoms with van der Waals surface area (Å²) in [7, 11) is 0. The van der Waals surface area contributed by atoms with Gasteiger partial charge in [0, 0.05) is 10.0 Å². The Bertz CT molecular complexity index is 352. The molecule has 0 spiro atoms. The van der Waals surface area contributed by atoms with Crippen molar-refractivity contribution >= 4 is 22.2 Å². The van der Waals surface area contributed by atoms with Gasteiger partial charge in [-0.05, 0) is 18.2 Å². The largest absolute Gasteiger partial charge is 0.481 e. The highest BCUT2D eigenvalue weighted by Crippen LogP contribution is 2.20. The number of terminal acetylenes is 1. The van der Waals surface area contributed by atoms with Crippen LogP contribution < -0.4 is 4.74 Å². The van der Waals surface area contributed by atoms with Gasteiger partial charge in [0.15, 0.2) is 6.29 Å². The van der Waals surface area contributed by atoms with Gasteiger partial charge in [0.2, 0.25) is 0 Å². The van der Waals surface area contributed by atoms with Crippen molar-refractivity contribution in [2.24, 2.45) is 0 Å². The van der Waals surface area contributed by atoms with Crippen molar-refractivity contribution in [3.63, 3.8) is 0 Å². The first kappa shape index (κ1) is 9.82. The number of carbonyl (C=O) groups excluding carboxylic acids is 1. The van der Waals surface area contributed by atoms with Gasteiger partial charge in [-0.2, -0.15) is 0 Å². The van der Waals surface area contributed by atoms with Crippen molar-refractivity contribution in [1.29, 1.82) is 0 Å². The maximum Gasteiger partial charge on any atom is 0.151 e. The van der Waals surface area contributed by atoms with Gasteiger partial charge in [0.1, 0.15) is 12.4 Å². The predicted octanol–water partition coefficient (Wildman–Crippen LogP) is 2.27. The first-order valence-electron chi connectivity index (χ1n) is 3.59. The summed E-state index contributed by atoms with van der Waals surface area (Å²) in [4.78, 5) is 10.5. The quantitative estimate of drug-likeness (QED) is 0.597. The van der Waals surface area contributed by atoms with Crippen LogP contribution in [0.25, 0.3) is 0 Å². The molecule has 0 atom stereocenters. The Morgan fingerprint density at radius 1 is 1.62 bits per heavy atom. The van der Waals surface area contributed by atoms with E-state index in [1.165, 1.54) is 0 Å². The standard InChI is InChI=1S/C10H7BrO2/c1-2-5-13-9-3-4-10(11)8(6-9)7-12/h1,3-4,6-7H,5H2. The molecule has 1 aromatic carbocycles. The van der Waals surface area contributed by atoms with E-state index in [0.717, 1.165) is 10.8 Å². The number of hydrogen-bond donors (Lipinski definition) is 0. The SMILES string of the molecule is C#CCOc1ccc(Br)c(C=O)c1. The van der Waals surface area contributed by atoms with Crippen LogP contribution in [-0.2, 0) is 0 Å². The van der Waals surface area contributed by atoms with E-state index in [4.69, 9.17) is 11.2 Å². The van der Waals surface area contributed by atoms with Gasteiger partial charge in [-0.25, -0.2) is 0 Å². The Morgan fingerprint density at radius 3 is 3.00 bits per heavy atom. The Labute approximate surface area is 85.0 Å². The maximum absolute atomic E-state index is 10.5. The summed E-state index contributed by atoms with van der Waals surface area (Å²) in [5.41, 5.74) is 0.550. The van der Waals surface area contributed by atoms with Crippen LogP contribution in [0.5, 0.6) is 5.75 Å². The molecule has 0 N–H and O–H groups in total. The van der Waals surface area contributed by atoms with Gasteiger partial charge in [-0.15, -0.1) is 6.42 Å². The van der Waals surface area contributed by atoms with Gasteiger partial charge in [0.05, 0.1) is 0 Å². The van der Waals surface area contributed by atoms with E-state index in [-0.39, 0.29) is 6.61 Å². The lowest BCUT2D eigenvalue weighted by molar-refractivity contribution is 0.112. The van der Waals surface area contributed by atoms with Crippen LogP contribution in [0.4, 0.5) is 0 Å². The summed E-state index contributed by atoms with van der Waals surface area (Å²) >= 11 is 3.23. The van der Waals surface area contributed by atoms with Crippen LogP contribution in [0.2, 0.25) is 0 Å². The number of halogens is 1. The fourth-order valence-corrected chi connectivity index (χ4v) is 1.17. The number of rotatable bonds is 3. The number of ether oxygens (including phenoxy) is 1. The van der Waals surface area contributed by atoms with E-state index in [9.17, 15) is 4.79 Å². The fourth-order valence-electron chi connectivity index (χ4n) is 0.827. The van der Waals surface area contributed by atoms with E-state index in [1.54, 1.807) is 18.2 Å². The van der Waals surface area contributed by atoms with Crippen LogP contribution in [-0.4, -0.2) is 12.9 Å². The first-order valence-corrected chi connectivity index (χ1v) is 4.38. The number of hydrogen-bond acceptors (Lipinski definition) is 2. The third-order valence-corrected chi connectivity index (χ3v) is 2.14. The van der Waals surface area contributed by atoms with Crippen LogP contribution in [0.1, 0.15) is 10.4 Å². The van der Waals surface area contributed by atoms with Crippen molar-refractivity contribution in [3.8, 4) is 18.1 Å². The molecule has 0 heterocycles. The zero-order chi connectivity index (χ0) is 9.68. The van der Waals surface area contributed by atoms with Crippen LogP contribution in [0.3, 0.4) is 0 Å². The molecule has 0 unspecified atom stereocenters. The Balaban J connectivity index is 2.87. The van der Waals surface area contributed by atoms with Crippen LogP contribution in [0, 0.1) is 12.3 Å². The van der Waals surface area contributed by atoms with Gasteiger partial charge in [-0.3, -0.25) is 4.79 Å². The molecule has 0 saturated carbocycles. The summed E-state index contributed by atoms with van der Waals surface area (Å²) in [5.74, 6) is 2.95. The number of benzene rings is 1. The van der Waals surface area contributed by atoms with Crippen LogP contribution >= 0.6 is 15.9 Å². The molecule has 1 aromatic rings. The van der Waals surface area contributed by atoms with Crippen molar-refractivity contribution in [2.75, 3.05) is 6.61 Å². The molecule has 1 rings (SSSR count). The second-order valence-electron chi connectivity index (χ2n) is 2.29. The summed E-state index contributed by atoms with van der Waals surface area (Å²) < 4.78 is 5.88. The number of aldehydes is 1. The second kappa shape index (κ2) is 4.68. The Kier molecular flexibility index (Phi) is 3.53. The minimum atomic E-state index is 0.208. The molecule has 0 aliphatic heterocycles. The maximum atomic E-state index is 10.5. The molecule has 0 saturated heterocycles.